The van der Waals surface area contributed by atoms with E-state index < -0.39 is 5.60 Å². The van der Waals surface area contributed by atoms with E-state index in [0.717, 1.165) is 11.1 Å². The van der Waals surface area contributed by atoms with Gasteiger partial charge in [-0.3, -0.25) is 0 Å². The van der Waals surface area contributed by atoms with Crippen LogP contribution in [0.3, 0.4) is 0 Å². The molecule has 0 unspecified atom stereocenters. The summed E-state index contributed by atoms with van der Waals surface area (Å²) in [6.07, 6.45) is 1.41. The fourth-order valence-corrected chi connectivity index (χ4v) is 1.67. The summed E-state index contributed by atoms with van der Waals surface area (Å²) in [5.41, 5.74) is 1.20. The van der Waals surface area contributed by atoms with E-state index >= 15 is 0 Å². The van der Waals surface area contributed by atoms with Gasteiger partial charge in [0.15, 0.2) is 11.0 Å². The van der Waals surface area contributed by atoms with Gasteiger partial charge in [0.05, 0.1) is 5.60 Å². The Balaban J connectivity index is 2.80. The van der Waals surface area contributed by atoms with Crippen LogP contribution in [-0.2, 0) is 0 Å². The van der Waals surface area contributed by atoms with Crippen molar-refractivity contribution in [1.82, 2.24) is 10.2 Å². The van der Waals surface area contributed by atoms with E-state index in [2.05, 4.69) is 15.5 Å². The number of aromatic nitrogens is 2. The van der Waals surface area contributed by atoms with Gasteiger partial charge in [-0.1, -0.05) is 25.4 Å². The van der Waals surface area contributed by atoms with Crippen LogP contribution >= 0.6 is 11.6 Å². The SMILES string of the molecule is CCC(O)(CC)CNc1nnc(Cl)c(C)c1C. The highest BCUT2D eigenvalue weighted by atomic mass is 35.5. The average molecular weight is 258 g/mol. The Labute approximate surface area is 107 Å². The van der Waals surface area contributed by atoms with E-state index in [0.29, 0.717) is 30.4 Å². The van der Waals surface area contributed by atoms with Gasteiger partial charge in [0.25, 0.3) is 0 Å². The van der Waals surface area contributed by atoms with Crippen LogP contribution in [0.4, 0.5) is 5.82 Å². The smallest absolute Gasteiger partial charge is 0.155 e. The molecule has 0 amide bonds. The molecule has 0 aliphatic carbocycles. The summed E-state index contributed by atoms with van der Waals surface area (Å²) >= 11 is 5.88. The van der Waals surface area contributed by atoms with Crippen LogP contribution in [0.1, 0.15) is 37.8 Å². The third kappa shape index (κ3) is 3.30. The summed E-state index contributed by atoms with van der Waals surface area (Å²) in [5, 5.41) is 21.6. The predicted molar refractivity (Wildman–Crippen MR) is 70.5 cm³/mol. The molecule has 0 saturated carbocycles. The molecule has 0 aliphatic heterocycles. The van der Waals surface area contributed by atoms with E-state index in [-0.39, 0.29) is 0 Å². The van der Waals surface area contributed by atoms with E-state index in [4.69, 9.17) is 11.6 Å². The van der Waals surface area contributed by atoms with Crippen molar-refractivity contribution in [2.75, 3.05) is 11.9 Å². The molecule has 0 fully saturated rings. The molecule has 5 heteroatoms. The zero-order valence-electron chi connectivity index (χ0n) is 10.8. The minimum absolute atomic E-state index is 0.425. The lowest BCUT2D eigenvalue weighted by atomic mass is 9.97. The van der Waals surface area contributed by atoms with Crippen molar-refractivity contribution in [1.29, 1.82) is 0 Å². The average Bonchev–Trinajstić information content (AvgIpc) is 2.35. The molecule has 1 heterocycles. The highest BCUT2D eigenvalue weighted by molar-refractivity contribution is 6.30. The number of hydrogen-bond donors (Lipinski definition) is 2. The summed E-state index contributed by atoms with van der Waals surface area (Å²) < 4.78 is 0. The second kappa shape index (κ2) is 5.65. The number of aliphatic hydroxyl groups is 1. The lowest BCUT2D eigenvalue weighted by molar-refractivity contribution is 0.0456. The minimum atomic E-state index is -0.693. The summed E-state index contributed by atoms with van der Waals surface area (Å²) in [6.45, 7) is 8.25. The van der Waals surface area contributed by atoms with Crippen LogP contribution in [0, 0.1) is 13.8 Å². The largest absolute Gasteiger partial charge is 0.388 e. The van der Waals surface area contributed by atoms with E-state index in [1.54, 1.807) is 0 Å². The number of rotatable bonds is 5. The summed E-state index contributed by atoms with van der Waals surface area (Å²) in [6, 6.07) is 0. The Morgan fingerprint density at radius 3 is 2.29 bits per heavy atom. The second-order valence-corrected chi connectivity index (χ2v) is 4.73. The maximum Gasteiger partial charge on any atom is 0.155 e. The Morgan fingerprint density at radius 2 is 1.76 bits per heavy atom. The first-order valence-corrected chi connectivity index (χ1v) is 6.27. The molecule has 0 radical (unpaired) electrons. The summed E-state index contributed by atoms with van der Waals surface area (Å²) in [5.74, 6) is 0.687. The maximum atomic E-state index is 10.2. The normalized spacial score (nSPS) is 11.6. The van der Waals surface area contributed by atoms with Gasteiger partial charge in [0.2, 0.25) is 0 Å². The van der Waals surface area contributed by atoms with Crippen LogP contribution in [0.15, 0.2) is 0 Å². The zero-order valence-corrected chi connectivity index (χ0v) is 11.6. The van der Waals surface area contributed by atoms with Gasteiger partial charge in [-0.15, -0.1) is 10.2 Å². The van der Waals surface area contributed by atoms with Crippen LogP contribution < -0.4 is 5.32 Å². The van der Waals surface area contributed by atoms with Crippen LogP contribution in [0.25, 0.3) is 0 Å². The maximum absolute atomic E-state index is 10.2. The van der Waals surface area contributed by atoms with E-state index in [9.17, 15) is 5.11 Å². The fourth-order valence-electron chi connectivity index (χ4n) is 1.49. The Hall–Kier alpha value is -0.870. The van der Waals surface area contributed by atoms with Gasteiger partial charge in [0.1, 0.15) is 0 Å². The lowest BCUT2D eigenvalue weighted by Gasteiger charge is -2.26. The standard InChI is InChI=1S/C12H20ClN3O/c1-5-12(17,6-2)7-14-11-9(4)8(3)10(13)15-16-11/h17H,5-7H2,1-4H3,(H,14,16). The van der Waals surface area contributed by atoms with Crippen LogP contribution in [-0.4, -0.2) is 27.4 Å². The molecule has 2 N–H and O–H groups in total. The van der Waals surface area contributed by atoms with E-state index in [1.807, 2.05) is 27.7 Å². The summed E-state index contributed by atoms with van der Waals surface area (Å²) in [7, 11) is 0. The van der Waals surface area contributed by atoms with Crippen molar-refractivity contribution in [3.8, 4) is 0 Å². The highest BCUT2D eigenvalue weighted by Crippen LogP contribution is 2.22. The zero-order chi connectivity index (χ0) is 13.1. The first kappa shape index (κ1) is 14.2. The highest BCUT2D eigenvalue weighted by Gasteiger charge is 2.22. The molecule has 1 rings (SSSR count). The first-order chi connectivity index (χ1) is 7.93. The van der Waals surface area contributed by atoms with Crippen molar-refractivity contribution < 1.29 is 5.11 Å². The van der Waals surface area contributed by atoms with Crippen LogP contribution in [0.2, 0.25) is 5.15 Å². The van der Waals surface area contributed by atoms with Crippen molar-refractivity contribution in [2.45, 2.75) is 46.1 Å². The van der Waals surface area contributed by atoms with Gasteiger partial charge in [0, 0.05) is 6.54 Å². The fraction of sp³-hybridized carbons (Fsp3) is 0.667. The van der Waals surface area contributed by atoms with E-state index in [1.165, 1.54) is 0 Å². The molecular formula is C12H20ClN3O. The van der Waals surface area contributed by atoms with Gasteiger partial charge in [-0.2, -0.15) is 0 Å². The molecule has 0 aliphatic rings. The predicted octanol–water partition coefficient (Wildman–Crippen LogP) is 2.71. The third-order valence-corrected chi connectivity index (χ3v) is 3.73. The second-order valence-electron chi connectivity index (χ2n) is 4.37. The van der Waals surface area contributed by atoms with Crippen molar-refractivity contribution in [2.24, 2.45) is 0 Å². The van der Waals surface area contributed by atoms with Crippen molar-refractivity contribution in [3.05, 3.63) is 16.3 Å². The van der Waals surface area contributed by atoms with Crippen molar-refractivity contribution in [3.63, 3.8) is 0 Å². The molecule has 0 aromatic carbocycles. The van der Waals surface area contributed by atoms with Gasteiger partial charge >= 0.3 is 0 Å². The Kier molecular flexibility index (Phi) is 4.71. The third-order valence-electron chi connectivity index (χ3n) is 3.37. The quantitative estimate of drug-likeness (QED) is 0.852. The van der Waals surface area contributed by atoms with Gasteiger partial charge < -0.3 is 10.4 Å². The number of halogens is 1. The number of nitrogens with zero attached hydrogens (tertiary/aromatic N) is 2. The molecule has 0 atom stereocenters. The Bertz CT molecular complexity index is 392. The molecular weight excluding hydrogens is 238 g/mol. The minimum Gasteiger partial charge on any atom is -0.388 e. The monoisotopic (exact) mass is 257 g/mol. The molecule has 4 nitrogen and oxygen atoms in total. The van der Waals surface area contributed by atoms with Crippen LogP contribution in [0.5, 0.6) is 0 Å². The molecule has 1 aromatic rings. The number of nitrogens with one attached hydrogen (secondary N) is 1. The molecule has 0 saturated heterocycles. The van der Waals surface area contributed by atoms with Gasteiger partial charge in [-0.05, 0) is 37.8 Å². The molecule has 0 spiro atoms. The number of anilines is 1. The Morgan fingerprint density at radius 1 is 1.18 bits per heavy atom. The molecule has 0 bridgehead atoms. The molecule has 96 valence electrons. The molecule has 17 heavy (non-hydrogen) atoms. The lowest BCUT2D eigenvalue weighted by Crippen LogP contribution is -2.35. The summed E-state index contributed by atoms with van der Waals surface area (Å²) in [4.78, 5) is 0. The van der Waals surface area contributed by atoms with Gasteiger partial charge in [-0.25, -0.2) is 0 Å². The first-order valence-electron chi connectivity index (χ1n) is 5.89. The van der Waals surface area contributed by atoms with Crippen molar-refractivity contribution >= 4 is 17.4 Å². The number of hydrogen-bond acceptors (Lipinski definition) is 4. The molecule has 1 aromatic heterocycles. The topological polar surface area (TPSA) is 58.0 Å².